The van der Waals surface area contributed by atoms with Crippen molar-refractivity contribution in [2.45, 2.75) is 19.1 Å². The molecule has 2 aromatic heterocycles. The first-order valence-corrected chi connectivity index (χ1v) is 8.20. The first kappa shape index (κ1) is 18.8. The minimum Gasteiger partial charge on any atom is -0.453 e. The van der Waals surface area contributed by atoms with Crippen molar-refractivity contribution in [1.29, 1.82) is 0 Å². The highest BCUT2D eigenvalue weighted by Gasteiger charge is 2.09. The zero-order valence-electron chi connectivity index (χ0n) is 13.6. The summed E-state index contributed by atoms with van der Waals surface area (Å²) >= 11 is 0. The molecule has 0 saturated heterocycles. The van der Waals surface area contributed by atoms with Gasteiger partial charge < -0.3 is 20.1 Å². The number of methoxy groups -OCH3 is 1. The molecule has 25 heavy (non-hydrogen) atoms. The van der Waals surface area contributed by atoms with Crippen molar-refractivity contribution < 1.29 is 18.7 Å². The molecule has 2 aromatic rings. The SMILES string of the molecule is COC(=O)NCCCOCc1ncc(F)c(Nc2cc(C[Si])[nH]n2)n1. The van der Waals surface area contributed by atoms with E-state index in [1.165, 1.54) is 7.11 Å². The zero-order valence-corrected chi connectivity index (χ0v) is 14.6. The van der Waals surface area contributed by atoms with Gasteiger partial charge in [0.1, 0.15) is 6.61 Å². The van der Waals surface area contributed by atoms with E-state index >= 15 is 0 Å². The minimum absolute atomic E-state index is 0.0213. The van der Waals surface area contributed by atoms with Gasteiger partial charge in [0.2, 0.25) is 0 Å². The molecule has 9 nitrogen and oxygen atoms in total. The van der Waals surface area contributed by atoms with Crippen molar-refractivity contribution in [2.24, 2.45) is 0 Å². The highest BCUT2D eigenvalue weighted by molar-refractivity contribution is 6.08. The van der Waals surface area contributed by atoms with Gasteiger partial charge in [0.15, 0.2) is 23.3 Å². The maximum absolute atomic E-state index is 13.8. The fourth-order valence-corrected chi connectivity index (χ4v) is 1.98. The number of hydrogen-bond acceptors (Lipinski definition) is 7. The van der Waals surface area contributed by atoms with E-state index in [-0.39, 0.29) is 12.4 Å². The first-order chi connectivity index (χ1) is 12.1. The summed E-state index contributed by atoms with van der Waals surface area (Å²) in [5.74, 6) is 0.217. The number of aromatic nitrogens is 4. The van der Waals surface area contributed by atoms with Gasteiger partial charge in [0, 0.05) is 35.2 Å². The number of H-pyrrole nitrogens is 1. The van der Waals surface area contributed by atoms with E-state index in [1.54, 1.807) is 6.07 Å². The number of halogens is 1. The number of nitrogens with zero attached hydrogens (tertiary/aromatic N) is 3. The number of rotatable bonds is 9. The molecule has 0 fully saturated rings. The van der Waals surface area contributed by atoms with Gasteiger partial charge in [0.25, 0.3) is 0 Å². The van der Waals surface area contributed by atoms with Crippen molar-refractivity contribution >= 4 is 28.0 Å². The summed E-state index contributed by atoms with van der Waals surface area (Å²) in [6.07, 6.45) is 1.19. The predicted molar refractivity (Wildman–Crippen MR) is 88.0 cm³/mol. The second kappa shape index (κ2) is 9.69. The Balaban J connectivity index is 1.81. The average Bonchev–Trinajstić information content (AvgIpc) is 3.08. The van der Waals surface area contributed by atoms with Crippen molar-refractivity contribution in [3.05, 3.63) is 29.6 Å². The van der Waals surface area contributed by atoms with Crippen LogP contribution in [-0.4, -0.2) is 56.8 Å². The Hall–Kier alpha value is -2.53. The molecule has 0 saturated carbocycles. The summed E-state index contributed by atoms with van der Waals surface area (Å²) in [6, 6.07) is 2.34. The molecule has 0 atom stereocenters. The van der Waals surface area contributed by atoms with Crippen LogP contribution >= 0.6 is 0 Å². The van der Waals surface area contributed by atoms with Crippen LogP contribution in [0.1, 0.15) is 17.9 Å². The normalized spacial score (nSPS) is 10.5. The lowest BCUT2D eigenvalue weighted by Gasteiger charge is -2.07. The van der Waals surface area contributed by atoms with Gasteiger partial charge in [-0.2, -0.15) is 5.10 Å². The second-order valence-corrected chi connectivity index (χ2v) is 5.24. The summed E-state index contributed by atoms with van der Waals surface area (Å²) in [5.41, 5.74) is 0.845. The monoisotopic (exact) mass is 365 g/mol. The number of aromatic amines is 1. The molecular formula is C14H18FN6O3Si. The Morgan fingerprint density at radius 2 is 2.32 bits per heavy atom. The lowest BCUT2D eigenvalue weighted by molar-refractivity contribution is 0.112. The molecule has 0 aliphatic heterocycles. The van der Waals surface area contributed by atoms with Crippen molar-refractivity contribution in [2.75, 3.05) is 25.6 Å². The van der Waals surface area contributed by atoms with Crippen LogP contribution in [0, 0.1) is 5.82 Å². The topological polar surface area (TPSA) is 114 Å². The van der Waals surface area contributed by atoms with Gasteiger partial charge in [-0.25, -0.2) is 19.2 Å². The predicted octanol–water partition coefficient (Wildman–Crippen LogP) is 1.01. The number of amides is 1. The molecule has 0 spiro atoms. The third kappa shape index (κ3) is 6.12. The van der Waals surface area contributed by atoms with Crippen molar-refractivity contribution in [3.8, 4) is 0 Å². The van der Waals surface area contributed by atoms with Crippen LogP contribution in [0.3, 0.4) is 0 Å². The molecule has 1 amide bonds. The van der Waals surface area contributed by atoms with Crippen LogP contribution in [0.5, 0.6) is 0 Å². The lowest BCUT2D eigenvalue weighted by Crippen LogP contribution is -2.24. The second-order valence-electron chi connectivity index (χ2n) is 4.89. The third-order valence-electron chi connectivity index (χ3n) is 3.01. The molecule has 0 bridgehead atoms. The summed E-state index contributed by atoms with van der Waals surface area (Å²) in [4.78, 5) is 18.8. The van der Waals surface area contributed by atoms with E-state index in [0.717, 1.165) is 11.9 Å². The van der Waals surface area contributed by atoms with Crippen LogP contribution in [0.25, 0.3) is 0 Å². The number of anilines is 2. The van der Waals surface area contributed by atoms with Crippen LogP contribution < -0.4 is 10.6 Å². The summed E-state index contributed by atoms with van der Waals surface area (Å²) in [6.45, 7) is 0.945. The molecule has 2 heterocycles. The van der Waals surface area contributed by atoms with E-state index in [9.17, 15) is 9.18 Å². The van der Waals surface area contributed by atoms with Crippen LogP contribution in [0.15, 0.2) is 12.3 Å². The van der Waals surface area contributed by atoms with Crippen LogP contribution in [0.4, 0.5) is 20.8 Å². The number of carbonyl (C=O) groups is 1. The molecule has 0 aliphatic rings. The average molecular weight is 365 g/mol. The molecule has 133 valence electrons. The standard InChI is InChI=1S/C14H18FN6O3Si/c1-23-14(22)16-3-2-4-24-7-12-17-6-10(15)13(19-12)18-11-5-9(8-25)20-21-11/h5-6H,2-4,7-8H2,1H3,(H,16,22)(H2,17,18,19,20,21). The Bertz CT molecular complexity index is 699. The number of hydrogen-bond donors (Lipinski definition) is 3. The number of carbonyl (C=O) groups excluding carboxylic acids is 1. The molecule has 3 radical (unpaired) electrons. The van der Waals surface area contributed by atoms with E-state index in [2.05, 4.69) is 45.8 Å². The van der Waals surface area contributed by atoms with Crippen molar-refractivity contribution in [1.82, 2.24) is 25.5 Å². The molecular weight excluding hydrogens is 347 g/mol. The minimum atomic E-state index is -0.589. The Morgan fingerprint density at radius 1 is 1.48 bits per heavy atom. The summed E-state index contributed by atoms with van der Waals surface area (Å²) in [5, 5.41) is 12.1. The van der Waals surface area contributed by atoms with Crippen LogP contribution in [-0.2, 0) is 22.1 Å². The molecule has 0 aromatic carbocycles. The van der Waals surface area contributed by atoms with Gasteiger partial charge in [0.05, 0.1) is 13.3 Å². The summed E-state index contributed by atoms with van der Waals surface area (Å²) < 4.78 is 23.7. The fraction of sp³-hybridized carbons (Fsp3) is 0.429. The van der Waals surface area contributed by atoms with Crippen LogP contribution in [0.2, 0.25) is 0 Å². The van der Waals surface area contributed by atoms with E-state index in [1.807, 2.05) is 0 Å². The van der Waals surface area contributed by atoms with Gasteiger partial charge >= 0.3 is 6.09 Å². The molecule has 0 aliphatic carbocycles. The van der Waals surface area contributed by atoms with E-state index in [4.69, 9.17) is 4.74 Å². The molecule has 2 rings (SSSR count). The highest BCUT2D eigenvalue weighted by Crippen LogP contribution is 2.16. The highest BCUT2D eigenvalue weighted by atomic mass is 28.1. The fourth-order valence-electron chi connectivity index (χ4n) is 1.80. The Morgan fingerprint density at radius 3 is 3.04 bits per heavy atom. The smallest absolute Gasteiger partial charge is 0.406 e. The van der Waals surface area contributed by atoms with Gasteiger partial charge in [-0.3, -0.25) is 5.10 Å². The summed E-state index contributed by atoms with van der Waals surface area (Å²) in [7, 11) is 4.64. The van der Waals surface area contributed by atoms with Gasteiger partial charge in [-0.15, -0.1) is 0 Å². The lowest BCUT2D eigenvalue weighted by atomic mass is 10.4. The van der Waals surface area contributed by atoms with E-state index < -0.39 is 11.9 Å². The molecule has 11 heteroatoms. The van der Waals surface area contributed by atoms with E-state index in [0.29, 0.717) is 37.3 Å². The number of nitrogens with one attached hydrogen (secondary N) is 3. The quantitative estimate of drug-likeness (QED) is 0.449. The largest absolute Gasteiger partial charge is 0.453 e. The third-order valence-corrected chi connectivity index (χ3v) is 3.39. The number of alkyl carbamates (subject to hydrolysis) is 1. The van der Waals surface area contributed by atoms with Crippen molar-refractivity contribution in [3.63, 3.8) is 0 Å². The molecule has 0 unspecified atom stereocenters. The zero-order chi connectivity index (χ0) is 18.1. The molecule has 3 N–H and O–H groups in total. The maximum atomic E-state index is 13.8. The van der Waals surface area contributed by atoms with Gasteiger partial charge in [-0.05, 0) is 12.5 Å². The Kier molecular flexibility index (Phi) is 7.29. The Labute approximate surface area is 147 Å². The first-order valence-electron chi connectivity index (χ1n) is 7.49. The van der Waals surface area contributed by atoms with Gasteiger partial charge in [-0.1, -0.05) is 0 Å². The maximum Gasteiger partial charge on any atom is 0.406 e. The number of ether oxygens (including phenoxy) is 2.